The smallest absolute Gasteiger partial charge is 0.322 e. The predicted octanol–water partition coefficient (Wildman–Crippen LogP) is 1.96. The number of hydrogen-bond acceptors (Lipinski definition) is 3. The number of halogens is 2. The van der Waals surface area contributed by atoms with Crippen molar-refractivity contribution >= 4 is 33.5 Å². The Balaban J connectivity index is 2.13. The molecule has 1 unspecified atom stereocenters. The van der Waals surface area contributed by atoms with Crippen molar-refractivity contribution in [3.63, 3.8) is 0 Å². The quantitative estimate of drug-likeness (QED) is 0.888. The number of carboxylic acid groups (broad SMARTS) is 1. The van der Waals surface area contributed by atoms with Gasteiger partial charge in [-0.05, 0) is 17.7 Å². The zero-order chi connectivity index (χ0) is 13.1. The van der Waals surface area contributed by atoms with E-state index in [4.69, 9.17) is 11.6 Å². The summed E-state index contributed by atoms with van der Waals surface area (Å²) in [6.45, 7) is 2.64. The van der Waals surface area contributed by atoms with Crippen molar-refractivity contribution in [2.24, 2.45) is 0 Å². The number of carbonyl (C=O) groups is 1. The average molecular weight is 334 g/mol. The van der Waals surface area contributed by atoms with E-state index < -0.39 is 12.0 Å². The predicted molar refractivity (Wildman–Crippen MR) is 73.9 cm³/mol. The molecule has 0 amide bonds. The Labute approximate surface area is 119 Å². The van der Waals surface area contributed by atoms with Crippen LogP contribution in [0.3, 0.4) is 0 Å². The molecule has 0 saturated carbocycles. The Hall–Kier alpha value is -0.620. The molecule has 0 aromatic heterocycles. The Morgan fingerprint density at radius 3 is 3.06 bits per heavy atom. The molecular weight excluding hydrogens is 320 g/mol. The number of rotatable bonds is 3. The molecule has 0 bridgehead atoms. The lowest BCUT2D eigenvalue weighted by molar-refractivity contribution is -0.144. The minimum Gasteiger partial charge on any atom is -0.480 e. The van der Waals surface area contributed by atoms with Crippen LogP contribution in [0.2, 0.25) is 5.02 Å². The highest BCUT2D eigenvalue weighted by atomic mass is 79.9. The van der Waals surface area contributed by atoms with Gasteiger partial charge in [0.2, 0.25) is 0 Å². The van der Waals surface area contributed by atoms with E-state index in [0.717, 1.165) is 23.1 Å². The van der Waals surface area contributed by atoms with E-state index in [2.05, 4.69) is 21.2 Å². The molecule has 6 heteroatoms. The second-order valence-electron chi connectivity index (χ2n) is 4.26. The lowest BCUT2D eigenvalue weighted by Gasteiger charge is -2.33. The summed E-state index contributed by atoms with van der Waals surface area (Å²) in [5, 5.41) is 13.0. The summed E-state index contributed by atoms with van der Waals surface area (Å²) < 4.78 is 0.915. The highest BCUT2D eigenvalue weighted by Gasteiger charge is 2.28. The van der Waals surface area contributed by atoms with E-state index in [0.29, 0.717) is 18.1 Å². The van der Waals surface area contributed by atoms with Crippen LogP contribution < -0.4 is 5.32 Å². The van der Waals surface area contributed by atoms with Gasteiger partial charge in [-0.2, -0.15) is 0 Å². The van der Waals surface area contributed by atoms with Gasteiger partial charge in [-0.1, -0.05) is 33.6 Å². The van der Waals surface area contributed by atoms with Crippen LogP contribution in [0.4, 0.5) is 0 Å². The molecule has 2 rings (SSSR count). The molecule has 1 fully saturated rings. The molecule has 1 aliphatic heterocycles. The zero-order valence-corrected chi connectivity index (χ0v) is 12.0. The summed E-state index contributed by atoms with van der Waals surface area (Å²) >= 11 is 9.35. The molecule has 1 saturated heterocycles. The SMILES string of the molecule is O=C(O)C1CNCCN1Cc1ccc(Cl)cc1Br. The minimum atomic E-state index is -0.785. The van der Waals surface area contributed by atoms with Crippen molar-refractivity contribution in [1.29, 1.82) is 0 Å². The molecule has 2 N–H and O–H groups in total. The van der Waals surface area contributed by atoms with Crippen LogP contribution in [-0.2, 0) is 11.3 Å². The highest BCUT2D eigenvalue weighted by Crippen LogP contribution is 2.23. The third-order valence-electron chi connectivity index (χ3n) is 3.03. The standard InChI is InChI=1S/C12H14BrClN2O2/c13-10-5-9(14)2-1-8(10)7-16-4-3-15-6-11(16)12(17)18/h1-2,5,11,15H,3-4,6-7H2,(H,17,18). The van der Waals surface area contributed by atoms with Gasteiger partial charge in [0, 0.05) is 35.7 Å². The number of aliphatic carboxylic acids is 1. The van der Waals surface area contributed by atoms with E-state index in [9.17, 15) is 9.90 Å². The third-order valence-corrected chi connectivity index (χ3v) is 4.00. The average Bonchev–Trinajstić information content (AvgIpc) is 2.33. The molecule has 4 nitrogen and oxygen atoms in total. The Bertz CT molecular complexity index is 456. The number of piperazine rings is 1. The first-order valence-electron chi connectivity index (χ1n) is 5.69. The van der Waals surface area contributed by atoms with Crippen molar-refractivity contribution in [2.45, 2.75) is 12.6 Å². The molecule has 98 valence electrons. The first-order valence-corrected chi connectivity index (χ1v) is 6.86. The summed E-state index contributed by atoms with van der Waals surface area (Å²) in [4.78, 5) is 13.1. The normalized spacial score (nSPS) is 20.9. The van der Waals surface area contributed by atoms with Crippen LogP contribution in [0.5, 0.6) is 0 Å². The first kappa shape index (κ1) is 13.8. The summed E-state index contributed by atoms with van der Waals surface area (Å²) in [5.74, 6) is -0.785. The molecule has 0 spiro atoms. The molecule has 1 heterocycles. The largest absolute Gasteiger partial charge is 0.480 e. The Morgan fingerprint density at radius 1 is 1.61 bits per heavy atom. The van der Waals surface area contributed by atoms with Gasteiger partial charge < -0.3 is 10.4 Å². The third kappa shape index (κ3) is 3.23. The lowest BCUT2D eigenvalue weighted by Crippen LogP contribution is -2.54. The van der Waals surface area contributed by atoms with Gasteiger partial charge in [0.1, 0.15) is 6.04 Å². The minimum absolute atomic E-state index is 0.471. The van der Waals surface area contributed by atoms with Crippen LogP contribution in [0.1, 0.15) is 5.56 Å². The second kappa shape index (κ2) is 6.02. The fraction of sp³-hybridized carbons (Fsp3) is 0.417. The van der Waals surface area contributed by atoms with Gasteiger partial charge in [-0.15, -0.1) is 0 Å². The molecule has 18 heavy (non-hydrogen) atoms. The van der Waals surface area contributed by atoms with Crippen molar-refractivity contribution < 1.29 is 9.90 Å². The van der Waals surface area contributed by atoms with Gasteiger partial charge in [0.25, 0.3) is 0 Å². The van der Waals surface area contributed by atoms with Crippen LogP contribution >= 0.6 is 27.5 Å². The zero-order valence-electron chi connectivity index (χ0n) is 9.70. The molecule has 1 atom stereocenters. The fourth-order valence-corrected chi connectivity index (χ4v) is 2.86. The Morgan fingerprint density at radius 2 is 2.39 bits per heavy atom. The van der Waals surface area contributed by atoms with E-state index in [1.165, 1.54) is 0 Å². The maximum atomic E-state index is 11.2. The second-order valence-corrected chi connectivity index (χ2v) is 5.56. The number of nitrogens with zero attached hydrogens (tertiary/aromatic N) is 1. The highest BCUT2D eigenvalue weighted by molar-refractivity contribution is 9.10. The number of nitrogens with one attached hydrogen (secondary N) is 1. The summed E-state index contributed by atoms with van der Waals surface area (Å²) in [6, 6.07) is 5.10. The summed E-state index contributed by atoms with van der Waals surface area (Å²) in [6.07, 6.45) is 0. The summed E-state index contributed by atoms with van der Waals surface area (Å²) in [7, 11) is 0. The van der Waals surface area contributed by atoms with Gasteiger partial charge in [-0.25, -0.2) is 0 Å². The monoisotopic (exact) mass is 332 g/mol. The van der Waals surface area contributed by atoms with Crippen LogP contribution in [0, 0.1) is 0 Å². The molecule has 0 radical (unpaired) electrons. The van der Waals surface area contributed by atoms with Crippen LogP contribution in [0.15, 0.2) is 22.7 Å². The molecule has 1 aromatic rings. The fourth-order valence-electron chi connectivity index (χ4n) is 2.05. The maximum Gasteiger partial charge on any atom is 0.322 e. The number of carboxylic acids is 1. The maximum absolute atomic E-state index is 11.2. The van der Waals surface area contributed by atoms with Crippen molar-refractivity contribution in [1.82, 2.24) is 10.2 Å². The van der Waals surface area contributed by atoms with Gasteiger partial charge in [0.15, 0.2) is 0 Å². The van der Waals surface area contributed by atoms with Crippen LogP contribution in [0.25, 0.3) is 0 Å². The molecule has 1 aromatic carbocycles. The topological polar surface area (TPSA) is 52.6 Å². The van der Waals surface area contributed by atoms with Gasteiger partial charge >= 0.3 is 5.97 Å². The first-order chi connectivity index (χ1) is 8.58. The van der Waals surface area contributed by atoms with E-state index >= 15 is 0 Å². The van der Waals surface area contributed by atoms with Crippen molar-refractivity contribution in [2.75, 3.05) is 19.6 Å². The van der Waals surface area contributed by atoms with E-state index in [1.54, 1.807) is 0 Å². The molecule has 0 aliphatic carbocycles. The number of benzene rings is 1. The van der Waals surface area contributed by atoms with Gasteiger partial charge in [0.05, 0.1) is 0 Å². The van der Waals surface area contributed by atoms with Crippen LogP contribution in [-0.4, -0.2) is 41.7 Å². The van der Waals surface area contributed by atoms with Gasteiger partial charge in [-0.3, -0.25) is 9.69 Å². The lowest BCUT2D eigenvalue weighted by atomic mass is 10.1. The Kier molecular flexibility index (Phi) is 4.61. The molecular formula is C12H14BrClN2O2. The summed E-state index contributed by atoms with van der Waals surface area (Å²) in [5.41, 5.74) is 1.05. The molecule has 1 aliphatic rings. The van der Waals surface area contributed by atoms with E-state index in [-0.39, 0.29) is 0 Å². The number of hydrogen-bond donors (Lipinski definition) is 2. The van der Waals surface area contributed by atoms with E-state index in [1.807, 2.05) is 23.1 Å². The van der Waals surface area contributed by atoms with Crippen molar-refractivity contribution in [3.8, 4) is 0 Å². The van der Waals surface area contributed by atoms with Crippen molar-refractivity contribution in [3.05, 3.63) is 33.3 Å².